The highest BCUT2D eigenvalue weighted by atomic mass is 19.1. The number of carbonyl (C=O) groups is 1. The van der Waals surface area contributed by atoms with Gasteiger partial charge in [-0.3, -0.25) is 0 Å². The molecule has 1 fully saturated rings. The van der Waals surface area contributed by atoms with Crippen molar-refractivity contribution in [3.05, 3.63) is 60.0 Å². The number of nitrogens with one attached hydrogen (secondary N) is 1. The minimum Gasteiger partial charge on any atom is -0.420 e. The molecule has 1 aliphatic heterocycles. The number of carbonyl (C=O) groups excluding carboxylic acids is 1. The third kappa shape index (κ3) is 4.10. The van der Waals surface area contributed by atoms with Crippen molar-refractivity contribution < 1.29 is 18.0 Å². The molecule has 0 saturated carbocycles. The maximum Gasteiger partial charge on any atom is 0.321 e. The second kappa shape index (κ2) is 8.10. The van der Waals surface area contributed by atoms with E-state index < -0.39 is 17.7 Å². The third-order valence-corrected chi connectivity index (χ3v) is 5.07. The van der Waals surface area contributed by atoms with Crippen molar-refractivity contribution in [1.82, 2.24) is 15.1 Å². The molecule has 1 atom stereocenters. The summed E-state index contributed by atoms with van der Waals surface area (Å²) in [6.45, 7) is 0.838. The number of benzene rings is 2. The Morgan fingerprint density at radius 2 is 1.93 bits per heavy atom. The van der Waals surface area contributed by atoms with Gasteiger partial charge in [0.05, 0.1) is 11.6 Å². The number of hydrogen-bond acceptors (Lipinski definition) is 5. The van der Waals surface area contributed by atoms with E-state index in [1.54, 1.807) is 4.90 Å². The lowest BCUT2D eigenvalue weighted by molar-refractivity contribution is 0.221. The fourth-order valence-electron chi connectivity index (χ4n) is 3.35. The van der Waals surface area contributed by atoms with Crippen LogP contribution in [0.3, 0.4) is 0 Å². The number of urea groups is 1. The molecule has 1 aromatic heterocycles. The van der Waals surface area contributed by atoms with Crippen LogP contribution < -0.4 is 10.2 Å². The minimum absolute atomic E-state index is 0.0638. The van der Waals surface area contributed by atoms with E-state index in [1.165, 1.54) is 6.07 Å². The van der Waals surface area contributed by atoms with Crippen molar-refractivity contribution in [1.29, 1.82) is 0 Å². The van der Waals surface area contributed by atoms with Crippen molar-refractivity contribution in [2.24, 2.45) is 0 Å². The molecular weight excluding hydrogens is 392 g/mol. The summed E-state index contributed by atoms with van der Waals surface area (Å²) in [5, 5.41) is 10.7. The summed E-state index contributed by atoms with van der Waals surface area (Å²) in [4.78, 5) is 16.0. The second-order valence-corrected chi connectivity index (χ2v) is 7.37. The van der Waals surface area contributed by atoms with E-state index in [0.29, 0.717) is 31.3 Å². The lowest BCUT2D eigenvalue weighted by Crippen LogP contribution is -2.33. The van der Waals surface area contributed by atoms with E-state index in [4.69, 9.17) is 4.42 Å². The number of aromatic nitrogens is 2. The molecule has 1 N–H and O–H groups in total. The molecule has 2 amide bonds. The molecule has 9 heteroatoms. The Kier molecular flexibility index (Phi) is 5.35. The number of halogens is 2. The van der Waals surface area contributed by atoms with Gasteiger partial charge in [-0.25, -0.2) is 13.6 Å². The second-order valence-electron chi connectivity index (χ2n) is 7.37. The Hall–Kier alpha value is -3.49. The normalized spacial score (nSPS) is 16.0. The highest BCUT2D eigenvalue weighted by Gasteiger charge is 2.31. The molecule has 30 heavy (non-hydrogen) atoms. The third-order valence-electron chi connectivity index (χ3n) is 5.07. The zero-order valence-corrected chi connectivity index (χ0v) is 16.6. The Morgan fingerprint density at radius 3 is 2.63 bits per heavy atom. The van der Waals surface area contributed by atoms with E-state index in [1.807, 2.05) is 43.3 Å². The van der Waals surface area contributed by atoms with Crippen LogP contribution >= 0.6 is 0 Å². The van der Waals surface area contributed by atoms with Crippen LogP contribution in [0.4, 0.5) is 25.0 Å². The topological polar surface area (TPSA) is 74.5 Å². The van der Waals surface area contributed by atoms with Gasteiger partial charge in [-0.05, 0) is 42.8 Å². The van der Waals surface area contributed by atoms with E-state index in [2.05, 4.69) is 15.5 Å². The summed E-state index contributed by atoms with van der Waals surface area (Å²) < 4.78 is 32.6. The zero-order chi connectivity index (χ0) is 21.3. The molecule has 7 nitrogen and oxygen atoms in total. The van der Waals surface area contributed by atoms with Crippen LogP contribution in [0.25, 0.3) is 11.5 Å². The van der Waals surface area contributed by atoms with Crippen LogP contribution in [0.5, 0.6) is 0 Å². The van der Waals surface area contributed by atoms with Gasteiger partial charge in [0, 0.05) is 44.5 Å². The van der Waals surface area contributed by atoms with Crippen molar-refractivity contribution in [3.63, 3.8) is 0 Å². The fourth-order valence-corrected chi connectivity index (χ4v) is 3.35. The smallest absolute Gasteiger partial charge is 0.321 e. The summed E-state index contributed by atoms with van der Waals surface area (Å²) in [6, 6.07) is 10.3. The lowest BCUT2D eigenvalue weighted by atomic mass is 10.1. The minimum atomic E-state index is -0.819. The Morgan fingerprint density at radius 1 is 1.17 bits per heavy atom. The van der Waals surface area contributed by atoms with Crippen LogP contribution in [-0.2, 0) is 0 Å². The molecule has 0 radical (unpaired) electrons. The zero-order valence-electron chi connectivity index (χ0n) is 16.6. The predicted molar refractivity (Wildman–Crippen MR) is 108 cm³/mol. The first-order valence-electron chi connectivity index (χ1n) is 9.53. The van der Waals surface area contributed by atoms with Gasteiger partial charge in [-0.15, -0.1) is 10.2 Å². The van der Waals surface area contributed by atoms with Gasteiger partial charge >= 0.3 is 6.03 Å². The predicted octanol–water partition coefficient (Wildman–Crippen LogP) is 4.10. The molecule has 0 unspecified atom stereocenters. The van der Waals surface area contributed by atoms with E-state index in [9.17, 15) is 13.6 Å². The quantitative estimate of drug-likeness (QED) is 0.697. The van der Waals surface area contributed by atoms with E-state index in [-0.39, 0.29) is 11.6 Å². The van der Waals surface area contributed by atoms with E-state index in [0.717, 1.165) is 23.4 Å². The van der Waals surface area contributed by atoms with Crippen molar-refractivity contribution >= 4 is 17.4 Å². The molecule has 0 spiro atoms. The van der Waals surface area contributed by atoms with Gasteiger partial charge in [0.1, 0.15) is 11.6 Å². The standard InChI is InChI=1S/C21H21F2N5O2/c1-27(2)16-6-3-13(4-7-16)19-25-26-20(30-19)14-9-10-28(12-14)21(29)24-18-8-5-15(22)11-17(18)23/h3-8,11,14H,9-10,12H2,1-2H3,(H,24,29)/t14-/m0/s1. The molecule has 156 valence electrons. The lowest BCUT2D eigenvalue weighted by Gasteiger charge is -2.17. The summed E-state index contributed by atoms with van der Waals surface area (Å²) >= 11 is 0. The van der Waals surface area contributed by atoms with Gasteiger partial charge in [-0.1, -0.05) is 0 Å². The van der Waals surface area contributed by atoms with Crippen LogP contribution in [0.15, 0.2) is 46.9 Å². The van der Waals surface area contributed by atoms with Gasteiger partial charge in [0.2, 0.25) is 11.8 Å². The monoisotopic (exact) mass is 413 g/mol. The number of likely N-dealkylation sites (tertiary alicyclic amines) is 1. The molecule has 0 aliphatic carbocycles. The van der Waals surface area contributed by atoms with Crippen LogP contribution in [-0.4, -0.2) is 48.3 Å². The first kappa shape index (κ1) is 19.8. The summed E-state index contributed by atoms with van der Waals surface area (Å²) in [6.07, 6.45) is 0.653. The van der Waals surface area contributed by atoms with Gasteiger partial charge < -0.3 is 19.5 Å². The fraction of sp³-hybridized carbons (Fsp3) is 0.286. The van der Waals surface area contributed by atoms with Crippen molar-refractivity contribution in [2.45, 2.75) is 12.3 Å². The van der Waals surface area contributed by atoms with Gasteiger partial charge in [0.15, 0.2) is 0 Å². The molecular formula is C21H21F2N5O2. The van der Waals surface area contributed by atoms with Crippen molar-refractivity contribution in [3.8, 4) is 11.5 Å². The first-order valence-corrected chi connectivity index (χ1v) is 9.53. The molecule has 2 heterocycles. The molecule has 1 saturated heterocycles. The largest absolute Gasteiger partial charge is 0.420 e. The average molecular weight is 413 g/mol. The number of nitrogens with zero attached hydrogens (tertiary/aromatic N) is 4. The van der Waals surface area contributed by atoms with Crippen LogP contribution in [0, 0.1) is 11.6 Å². The highest BCUT2D eigenvalue weighted by molar-refractivity contribution is 5.89. The Bertz CT molecular complexity index is 1050. The van der Waals surface area contributed by atoms with Crippen LogP contribution in [0.1, 0.15) is 18.2 Å². The molecule has 2 aromatic carbocycles. The van der Waals surface area contributed by atoms with E-state index >= 15 is 0 Å². The molecule has 4 rings (SSSR count). The summed E-state index contributed by atoms with van der Waals surface area (Å²) in [5.74, 6) is -0.733. The van der Waals surface area contributed by atoms with Crippen LogP contribution in [0.2, 0.25) is 0 Å². The number of hydrogen-bond donors (Lipinski definition) is 1. The Labute approximate surface area is 172 Å². The molecule has 0 bridgehead atoms. The molecule has 3 aromatic rings. The number of amides is 2. The summed E-state index contributed by atoms with van der Waals surface area (Å²) in [7, 11) is 3.93. The molecule has 1 aliphatic rings. The van der Waals surface area contributed by atoms with Crippen molar-refractivity contribution in [2.75, 3.05) is 37.4 Å². The SMILES string of the molecule is CN(C)c1ccc(-c2nnc([C@H]3CCN(C(=O)Nc4ccc(F)cc4F)C3)o2)cc1. The van der Waals surface area contributed by atoms with Gasteiger partial charge in [0.25, 0.3) is 0 Å². The Balaban J connectivity index is 1.40. The maximum atomic E-state index is 13.8. The van der Waals surface area contributed by atoms with Gasteiger partial charge in [-0.2, -0.15) is 0 Å². The maximum absolute atomic E-state index is 13.8. The highest BCUT2D eigenvalue weighted by Crippen LogP contribution is 2.30. The average Bonchev–Trinajstić information content (AvgIpc) is 3.39. The summed E-state index contributed by atoms with van der Waals surface area (Å²) in [5.41, 5.74) is 1.82. The number of rotatable bonds is 4. The first-order chi connectivity index (χ1) is 14.4. The number of anilines is 2.